The first-order valence-corrected chi connectivity index (χ1v) is 12.9. The molecule has 5 aromatic rings. The molecule has 1 atom stereocenters. The number of non-ortho nitro benzene ring substituents is 1. The molecule has 0 N–H and O–H groups in total. The highest BCUT2D eigenvalue weighted by molar-refractivity contribution is 9.10. The Kier molecular flexibility index (Phi) is 6.31. The fraction of sp³-hybridized carbons (Fsp3) is 0.0667. The number of anilines is 1. The van der Waals surface area contributed by atoms with Crippen molar-refractivity contribution in [2.75, 3.05) is 5.01 Å². The summed E-state index contributed by atoms with van der Waals surface area (Å²) in [7, 11) is 0. The molecule has 0 amide bonds. The first-order valence-electron chi connectivity index (χ1n) is 12.1. The highest BCUT2D eigenvalue weighted by Gasteiger charge is 2.33. The second kappa shape index (κ2) is 10.1. The van der Waals surface area contributed by atoms with E-state index < -0.39 is 0 Å². The van der Waals surface area contributed by atoms with Gasteiger partial charge in [-0.25, -0.2) is 4.68 Å². The zero-order chi connectivity index (χ0) is 26.1. The van der Waals surface area contributed by atoms with Gasteiger partial charge in [0.05, 0.1) is 33.7 Å². The molecule has 1 aliphatic rings. The Morgan fingerprint density at radius 3 is 2.11 bits per heavy atom. The Balaban J connectivity index is 1.49. The van der Waals surface area contributed by atoms with E-state index in [1.807, 2.05) is 71.5 Å². The van der Waals surface area contributed by atoms with Crippen molar-refractivity contribution in [1.82, 2.24) is 9.78 Å². The molecule has 1 aromatic heterocycles. The van der Waals surface area contributed by atoms with Crippen LogP contribution in [0.1, 0.15) is 23.6 Å². The second-order valence-electron chi connectivity index (χ2n) is 8.97. The minimum Gasteiger partial charge on any atom is -0.258 e. The molecule has 1 unspecified atom stereocenters. The minimum absolute atomic E-state index is 0.0455. The number of halogens is 1. The third kappa shape index (κ3) is 4.62. The van der Waals surface area contributed by atoms with E-state index in [0.29, 0.717) is 6.42 Å². The Morgan fingerprint density at radius 1 is 0.789 bits per heavy atom. The average Bonchev–Trinajstić information content (AvgIpc) is 3.60. The van der Waals surface area contributed by atoms with E-state index in [-0.39, 0.29) is 16.7 Å². The number of nitro groups is 1. The van der Waals surface area contributed by atoms with Crippen LogP contribution in [0.5, 0.6) is 0 Å². The highest BCUT2D eigenvalue weighted by Crippen LogP contribution is 2.41. The summed E-state index contributed by atoms with van der Waals surface area (Å²) < 4.78 is 2.85. The summed E-state index contributed by atoms with van der Waals surface area (Å²) in [4.78, 5) is 10.9. The van der Waals surface area contributed by atoms with Gasteiger partial charge in [-0.05, 0) is 54.1 Å². The Bertz CT molecular complexity index is 1620. The Morgan fingerprint density at radius 2 is 1.45 bits per heavy atom. The normalized spacial score (nSPS) is 14.9. The molecule has 0 spiro atoms. The average molecular weight is 564 g/mol. The maximum atomic E-state index is 11.3. The first-order chi connectivity index (χ1) is 18.6. The first kappa shape index (κ1) is 23.8. The molecule has 7 nitrogen and oxygen atoms in total. The van der Waals surface area contributed by atoms with Crippen molar-refractivity contribution in [2.45, 2.75) is 12.5 Å². The van der Waals surface area contributed by atoms with Crippen LogP contribution in [0.3, 0.4) is 0 Å². The van der Waals surface area contributed by atoms with E-state index in [2.05, 4.69) is 45.2 Å². The lowest BCUT2D eigenvalue weighted by Gasteiger charge is -2.23. The van der Waals surface area contributed by atoms with Crippen molar-refractivity contribution in [3.05, 3.63) is 141 Å². The third-order valence-electron chi connectivity index (χ3n) is 6.58. The van der Waals surface area contributed by atoms with Gasteiger partial charge in [-0.1, -0.05) is 64.5 Å². The summed E-state index contributed by atoms with van der Waals surface area (Å²) in [5.41, 5.74) is 6.56. The zero-order valence-corrected chi connectivity index (χ0v) is 21.8. The number of rotatable bonds is 6. The van der Waals surface area contributed by atoms with Crippen LogP contribution in [0.4, 0.5) is 11.4 Å². The molecule has 38 heavy (non-hydrogen) atoms. The van der Waals surface area contributed by atoms with Crippen molar-refractivity contribution >= 4 is 33.0 Å². The predicted molar refractivity (Wildman–Crippen MR) is 153 cm³/mol. The summed E-state index contributed by atoms with van der Waals surface area (Å²) in [6, 6.07) is 34.7. The smallest absolute Gasteiger partial charge is 0.258 e. The summed E-state index contributed by atoms with van der Waals surface area (Å²) in [5.74, 6) is 0. The largest absolute Gasteiger partial charge is 0.269 e. The van der Waals surface area contributed by atoms with Crippen LogP contribution in [-0.4, -0.2) is 20.4 Å². The molecule has 0 saturated carbocycles. The summed E-state index contributed by atoms with van der Waals surface area (Å²) >= 11 is 3.50. The quantitative estimate of drug-likeness (QED) is 0.158. The maximum absolute atomic E-state index is 11.3. The van der Waals surface area contributed by atoms with Gasteiger partial charge in [-0.3, -0.25) is 15.1 Å². The van der Waals surface area contributed by atoms with E-state index in [9.17, 15) is 10.1 Å². The molecule has 0 radical (unpaired) electrons. The molecule has 4 aromatic carbocycles. The van der Waals surface area contributed by atoms with Crippen LogP contribution in [0, 0.1) is 10.1 Å². The summed E-state index contributed by atoms with van der Waals surface area (Å²) in [6.07, 6.45) is 2.73. The topological polar surface area (TPSA) is 76.6 Å². The molecule has 186 valence electrons. The molecule has 0 bridgehead atoms. The van der Waals surface area contributed by atoms with E-state index in [1.54, 1.807) is 12.1 Å². The fourth-order valence-corrected chi connectivity index (χ4v) is 4.96. The van der Waals surface area contributed by atoms with Gasteiger partial charge < -0.3 is 0 Å². The molecule has 1 aliphatic heterocycles. The van der Waals surface area contributed by atoms with Crippen molar-refractivity contribution < 1.29 is 4.92 Å². The van der Waals surface area contributed by atoms with Crippen molar-refractivity contribution in [3.8, 4) is 16.9 Å². The molecule has 6 rings (SSSR count). The maximum Gasteiger partial charge on any atom is 0.269 e. The zero-order valence-electron chi connectivity index (χ0n) is 20.2. The van der Waals surface area contributed by atoms with Crippen LogP contribution in [-0.2, 0) is 0 Å². The van der Waals surface area contributed by atoms with Crippen LogP contribution in [0.25, 0.3) is 16.9 Å². The van der Waals surface area contributed by atoms with Gasteiger partial charge in [-0.15, -0.1) is 0 Å². The van der Waals surface area contributed by atoms with E-state index in [1.165, 1.54) is 12.1 Å². The lowest BCUT2D eigenvalue weighted by molar-refractivity contribution is -0.384. The standard InChI is InChI=1S/C30H22BrN5O2/c31-23-13-17-24(18-14-23)34-20-27(30(33-34)22-11-15-26(16-12-22)36(37)38)29-19-28(21-7-3-1-4-8-21)32-35(29)25-9-5-2-6-10-25/h1-18,20,29H,19H2. The van der Waals surface area contributed by atoms with E-state index in [0.717, 1.165) is 43.9 Å². The van der Waals surface area contributed by atoms with E-state index in [4.69, 9.17) is 10.2 Å². The number of nitrogens with zero attached hydrogens (tertiary/aromatic N) is 5. The molecule has 0 aliphatic carbocycles. The molecule has 2 heterocycles. The van der Waals surface area contributed by atoms with Crippen molar-refractivity contribution in [2.24, 2.45) is 5.10 Å². The van der Waals surface area contributed by atoms with Gasteiger partial charge in [0.25, 0.3) is 5.69 Å². The Hall–Kier alpha value is -4.56. The number of hydrogen-bond donors (Lipinski definition) is 0. The number of para-hydroxylation sites is 1. The highest BCUT2D eigenvalue weighted by atomic mass is 79.9. The summed E-state index contributed by atoms with van der Waals surface area (Å²) in [6.45, 7) is 0. The van der Waals surface area contributed by atoms with Crippen LogP contribution in [0.2, 0.25) is 0 Å². The molecule has 0 fully saturated rings. The molecule has 8 heteroatoms. The number of hydrazone groups is 1. The van der Waals surface area contributed by atoms with Gasteiger partial charge in [0.1, 0.15) is 0 Å². The SMILES string of the molecule is O=[N+]([O-])c1ccc(-c2nn(-c3ccc(Br)cc3)cc2C2CC(c3ccccc3)=NN2c2ccccc2)cc1. The van der Waals surface area contributed by atoms with Gasteiger partial charge in [0, 0.05) is 40.4 Å². The van der Waals surface area contributed by atoms with Gasteiger partial charge in [-0.2, -0.15) is 10.2 Å². The summed E-state index contributed by atoms with van der Waals surface area (Å²) in [5, 5.41) is 23.4. The lowest BCUT2D eigenvalue weighted by Crippen LogP contribution is -2.18. The number of aromatic nitrogens is 2. The van der Waals surface area contributed by atoms with Crippen molar-refractivity contribution in [3.63, 3.8) is 0 Å². The van der Waals surface area contributed by atoms with Crippen LogP contribution in [0.15, 0.2) is 125 Å². The lowest BCUT2D eigenvalue weighted by atomic mass is 9.96. The third-order valence-corrected chi connectivity index (χ3v) is 7.11. The van der Waals surface area contributed by atoms with Crippen molar-refractivity contribution in [1.29, 1.82) is 0 Å². The number of hydrogen-bond acceptors (Lipinski definition) is 5. The van der Waals surface area contributed by atoms with Gasteiger partial charge in [0.15, 0.2) is 0 Å². The van der Waals surface area contributed by atoms with Crippen LogP contribution >= 0.6 is 15.9 Å². The van der Waals surface area contributed by atoms with E-state index >= 15 is 0 Å². The molecule has 0 saturated heterocycles. The Labute approximate surface area is 228 Å². The van der Waals surface area contributed by atoms with Gasteiger partial charge >= 0.3 is 0 Å². The monoisotopic (exact) mass is 563 g/mol. The molecular weight excluding hydrogens is 542 g/mol. The minimum atomic E-state index is -0.390. The van der Waals surface area contributed by atoms with Crippen LogP contribution < -0.4 is 5.01 Å². The number of benzene rings is 4. The number of nitro benzene ring substituents is 1. The second-order valence-corrected chi connectivity index (χ2v) is 9.89. The van der Waals surface area contributed by atoms with Gasteiger partial charge in [0.2, 0.25) is 0 Å². The predicted octanol–water partition coefficient (Wildman–Crippen LogP) is 7.57. The fourth-order valence-electron chi connectivity index (χ4n) is 4.70. The molecular formula is C30H22BrN5O2.